The lowest BCUT2D eigenvalue weighted by Crippen LogP contribution is -2.17. The molecular weight excluding hydrogens is 755 g/mol. The first-order valence-corrected chi connectivity index (χ1v) is 22.0. The van der Waals surface area contributed by atoms with Crippen LogP contribution in [0.5, 0.6) is 0 Å². The van der Waals surface area contributed by atoms with Crippen LogP contribution in [0.1, 0.15) is 25.0 Å². The predicted octanol–water partition coefficient (Wildman–Crippen LogP) is 17.1. The van der Waals surface area contributed by atoms with Crippen LogP contribution in [0.4, 0.5) is 17.1 Å². The van der Waals surface area contributed by atoms with E-state index in [2.05, 4.69) is 231 Å². The van der Waals surface area contributed by atoms with E-state index < -0.39 is 0 Å². The minimum Gasteiger partial charge on any atom is -0.308 e. The van der Waals surface area contributed by atoms with Crippen molar-refractivity contribution in [2.45, 2.75) is 19.3 Å². The summed E-state index contributed by atoms with van der Waals surface area (Å²) in [5, 5.41) is 7.56. The molecule has 0 saturated carbocycles. The highest BCUT2D eigenvalue weighted by Crippen LogP contribution is 2.54. The highest BCUT2D eigenvalue weighted by atomic mass is 32.1. The van der Waals surface area contributed by atoms with Crippen LogP contribution in [-0.2, 0) is 5.41 Å². The number of hydrogen-bond acceptors (Lipinski definition) is 2. The highest BCUT2D eigenvalue weighted by Gasteiger charge is 2.36. The summed E-state index contributed by atoms with van der Waals surface area (Å²) >= 11 is 1.90. The minimum absolute atomic E-state index is 0.155. The molecule has 61 heavy (non-hydrogen) atoms. The Morgan fingerprint density at radius 3 is 1.70 bits per heavy atom. The molecule has 0 amide bonds. The Morgan fingerprint density at radius 2 is 0.951 bits per heavy atom. The third kappa shape index (κ3) is 5.67. The number of benzene rings is 10. The second kappa shape index (κ2) is 13.9. The second-order valence-corrected chi connectivity index (χ2v) is 17.9. The van der Waals surface area contributed by atoms with Crippen LogP contribution in [0.25, 0.3) is 86.2 Å². The summed E-state index contributed by atoms with van der Waals surface area (Å²) in [5.41, 5.74) is 15.9. The summed E-state index contributed by atoms with van der Waals surface area (Å²) in [4.78, 5) is 2.56. The van der Waals surface area contributed by atoms with Crippen molar-refractivity contribution in [3.05, 3.63) is 223 Å². The van der Waals surface area contributed by atoms with Crippen LogP contribution in [0.2, 0.25) is 0 Å². The number of anilines is 3. The van der Waals surface area contributed by atoms with Crippen molar-refractivity contribution in [3.8, 4) is 44.5 Å². The van der Waals surface area contributed by atoms with Gasteiger partial charge in [0.2, 0.25) is 0 Å². The zero-order valence-corrected chi connectivity index (χ0v) is 34.9. The van der Waals surface area contributed by atoms with Crippen LogP contribution in [-0.4, -0.2) is 0 Å². The minimum atomic E-state index is -0.155. The maximum absolute atomic E-state index is 2.56. The van der Waals surface area contributed by atoms with Gasteiger partial charge in [0.05, 0.1) is 16.1 Å². The summed E-state index contributed by atoms with van der Waals surface area (Å²) in [7, 11) is 0. The zero-order chi connectivity index (χ0) is 40.7. The molecule has 2 heteroatoms. The normalized spacial score (nSPS) is 12.9. The Kier molecular flexibility index (Phi) is 8.13. The van der Waals surface area contributed by atoms with Gasteiger partial charge in [-0.1, -0.05) is 184 Å². The molecule has 288 valence electrons. The van der Waals surface area contributed by atoms with Gasteiger partial charge in [-0.25, -0.2) is 0 Å². The van der Waals surface area contributed by atoms with E-state index in [0.29, 0.717) is 0 Å². The standard InChI is InChI=1S/C59H41NS/c1-59(2)52-29-13-11-26-48(52)49-32-31-44(37-53(49)59)60(54-30-14-12-25-45(54)38-17-5-3-6-18-38)55-35-43(34-51-50-33-41-21-9-10-22-42(41)36-56(50)61-58(51)55)47-28-16-24-40-23-15-27-46(57(40)47)39-19-7-4-8-20-39/h3-37H,1-2H3. The summed E-state index contributed by atoms with van der Waals surface area (Å²) in [5.74, 6) is 0. The first kappa shape index (κ1) is 35.7. The van der Waals surface area contributed by atoms with Gasteiger partial charge in [-0.3, -0.25) is 0 Å². The van der Waals surface area contributed by atoms with Gasteiger partial charge in [-0.2, -0.15) is 0 Å². The molecule has 0 bridgehead atoms. The molecule has 0 spiro atoms. The highest BCUT2D eigenvalue weighted by molar-refractivity contribution is 7.26. The third-order valence-corrected chi connectivity index (χ3v) is 14.2. The fraction of sp³-hybridized carbons (Fsp3) is 0.0508. The van der Waals surface area contributed by atoms with E-state index in [1.54, 1.807) is 0 Å². The lowest BCUT2D eigenvalue weighted by atomic mass is 9.82. The molecule has 11 aromatic rings. The maximum Gasteiger partial charge on any atom is 0.0646 e. The number of fused-ring (bicyclic) bond motifs is 8. The van der Waals surface area contributed by atoms with Gasteiger partial charge in [0.25, 0.3) is 0 Å². The molecule has 0 N–H and O–H groups in total. The van der Waals surface area contributed by atoms with E-state index in [-0.39, 0.29) is 5.41 Å². The van der Waals surface area contributed by atoms with E-state index in [0.717, 1.165) is 11.4 Å². The van der Waals surface area contributed by atoms with Crippen LogP contribution >= 0.6 is 11.3 Å². The van der Waals surface area contributed by atoms with Crippen LogP contribution in [0, 0.1) is 0 Å². The Labute approximate surface area is 360 Å². The van der Waals surface area contributed by atoms with Gasteiger partial charge in [-0.15, -0.1) is 11.3 Å². The zero-order valence-electron chi connectivity index (χ0n) is 34.1. The summed E-state index contributed by atoms with van der Waals surface area (Å²) < 4.78 is 2.56. The van der Waals surface area contributed by atoms with Gasteiger partial charge in [0, 0.05) is 32.1 Å². The first-order chi connectivity index (χ1) is 30.0. The number of thiophene rings is 1. The predicted molar refractivity (Wildman–Crippen MR) is 263 cm³/mol. The molecule has 1 aliphatic rings. The Bertz CT molecular complexity index is 3500. The van der Waals surface area contributed by atoms with Crippen molar-refractivity contribution in [1.82, 2.24) is 0 Å². The van der Waals surface area contributed by atoms with Gasteiger partial charge in [0.15, 0.2) is 0 Å². The van der Waals surface area contributed by atoms with Crippen LogP contribution < -0.4 is 4.90 Å². The van der Waals surface area contributed by atoms with Gasteiger partial charge in [0.1, 0.15) is 0 Å². The number of nitrogens with zero attached hydrogens (tertiary/aromatic N) is 1. The molecule has 1 nitrogen and oxygen atoms in total. The summed E-state index contributed by atoms with van der Waals surface area (Å²) in [6.07, 6.45) is 0. The Hall–Kier alpha value is -7.26. The van der Waals surface area contributed by atoms with Crippen molar-refractivity contribution >= 4 is 70.1 Å². The van der Waals surface area contributed by atoms with Gasteiger partial charge in [-0.05, 0) is 114 Å². The third-order valence-electron chi connectivity index (χ3n) is 13.0. The topological polar surface area (TPSA) is 3.24 Å². The largest absolute Gasteiger partial charge is 0.308 e. The quantitative estimate of drug-likeness (QED) is 0.162. The van der Waals surface area contributed by atoms with Gasteiger partial charge < -0.3 is 4.90 Å². The molecule has 1 aromatic heterocycles. The van der Waals surface area contributed by atoms with E-state index in [4.69, 9.17) is 0 Å². The molecule has 12 rings (SSSR count). The van der Waals surface area contributed by atoms with E-state index in [1.165, 1.54) is 103 Å². The number of hydrogen-bond donors (Lipinski definition) is 0. The average Bonchev–Trinajstić information content (AvgIpc) is 3.79. The lowest BCUT2D eigenvalue weighted by Gasteiger charge is -2.30. The average molecular weight is 796 g/mol. The van der Waals surface area contributed by atoms with Crippen molar-refractivity contribution in [3.63, 3.8) is 0 Å². The Morgan fingerprint density at radius 1 is 0.377 bits per heavy atom. The van der Waals surface area contributed by atoms with Crippen molar-refractivity contribution in [1.29, 1.82) is 0 Å². The molecule has 1 heterocycles. The Balaban J connectivity index is 1.20. The molecule has 0 fully saturated rings. The van der Waals surface area contributed by atoms with Crippen molar-refractivity contribution in [2.75, 3.05) is 4.90 Å². The smallest absolute Gasteiger partial charge is 0.0646 e. The van der Waals surface area contributed by atoms with Gasteiger partial charge >= 0.3 is 0 Å². The molecule has 10 aromatic carbocycles. The number of para-hydroxylation sites is 1. The molecule has 0 aliphatic heterocycles. The molecule has 0 atom stereocenters. The van der Waals surface area contributed by atoms with Crippen LogP contribution in [0.15, 0.2) is 212 Å². The summed E-state index contributed by atoms with van der Waals surface area (Å²) in [6, 6.07) is 78.8. The van der Waals surface area contributed by atoms with E-state index >= 15 is 0 Å². The monoisotopic (exact) mass is 795 g/mol. The molecule has 0 radical (unpaired) electrons. The molecule has 1 aliphatic carbocycles. The maximum atomic E-state index is 2.56. The van der Waals surface area contributed by atoms with E-state index in [9.17, 15) is 0 Å². The first-order valence-electron chi connectivity index (χ1n) is 21.2. The fourth-order valence-corrected chi connectivity index (χ4v) is 11.3. The summed E-state index contributed by atoms with van der Waals surface area (Å²) in [6.45, 7) is 4.76. The van der Waals surface area contributed by atoms with Crippen molar-refractivity contribution < 1.29 is 0 Å². The fourth-order valence-electron chi connectivity index (χ4n) is 10.1. The van der Waals surface area contributed by atoms with Crippen LogP contribution in [0.3, 0.4) is 0 Å². The van der Waals surface area contributed by atoms with Crippen molar-refractivity contribution in [2.24, 2.45) is 0 Å². The second-order valence-electron chi connectivity index (χ2n) is 16.9. The lowest BCUT2D eigenvalue weighted by molar-refractivity contribution is 0.660. The number of rotatable bonds is 6. The van der Waals surface area contributed by atoms with E-state index in [1.807, 2.05) is 11.3 Å². The SMILES string of the molecule is CC1(C)c2ccccc2-c2ccc(N(c3ccccc3-c3ccccc3)c3cc(-c4cccc5cccc(-c6ccccc6)c45)cc4c3sc3cc5ccccc5cc34)cc21. The molecular formula is C59H41NS. The molecule has 0 unspecified atom stereocenters. The molecule has 0 saturated heterocycles.